The summed E-state index contributed by atoms with van der Waals surface area (Å²) in [6.45, 7) is 1.38. The second kappa shape index (κ2) is 7.20. The van der Waals surface area contributed by atoms with Crippen LogP contribution in [0, 0.1) is 0 Å². The SMILES string of the molecule is COc1ccc(-c2ccc3nc(NC(C)=O)nc(-c4nc[nH]n4)c3n2)cc1Cl. The molecule has 0 saturated heterocycles. The zero-order valence-corrected chi connectivity index (χ0v) is 15.7. The lowest BCUT2D eigenvalue weighted by atomic mass is 10.1. The van der Waals surface area contributed by atoms with Gasteiger partial charge in [0.05, 0.1) is 23.3 Å². The Morgan fingerprint density at radius 2 is 2.04 bits per heavy atom. The molecule has 0 aliphatic rings. The Hall–Kier alpha value is -3.59. The maximum absolute atomic E-state index is 11.4. The molecule has 9 nitrogen and oxygen atoms in total. The average Bonchev–Trinajstić information content (AvgIpc) is 3.21. The molecule has 1 amide bonds. The van der Waals surface area contributed by atoms with Gasteiger partial charge in [0, 0.05) is 12.5 Å². The van der Waals surface area contributed by atoms with E-state index in [2.05, 4.69) is 35.5 Å². The first-order chi connectivity index (χ1) is 13.5. The molecule has 4 aromatic rings. The van der Waals surface area contributed by atoms with Crippen LogP contribution in [0.4, 0.5) is 5.95 Å². The van der Waals surface area contributed by atoms with Crippen LogP contribution in [0.3, 0.4) is 0 Å². The molecular formula is C18H14ClN7O2. The van der Waals surface area contributed by atoms with Gasteiger partial charge >= 0.3 is 0 Å². The second-order valence-electron chi connectivity index (χ2n) is 5.81. The largest absolute Gasteiger partial charge is 0.495 e. The summed E-state index contributed by atoms with van der Waals surface area (Å²) in [7, 11) is 1.56. The van der Waals surface area contributed by atoms with Crippen LogP contribution in [0.2, 0.25) is 5.02 Å². The number of carbonyl (C=O) groups is 1. The number of rotatable bonds is 4. The maximum atomic E-state index is 11.4. The Kier molecular flexibility index (Phi) is 4.58. The minimum atomic E-state index is -0.280. The van der Waals surface area contributed by atoms with Gasteiger partial charge in [0.15, 0.2) is 0 Å². The fourth-order valence-electron chi connectivity index (χ4n) is 2.69. The van der Waals surface area contributed by atoms with Crippen molar-refractivity contribution < 1.29 is 9.53 Å². The van der Waals surface area contributed by atoms with Crippen LogP contribution in [0.1, 0.15) is 6.92 Å². The summed E-state index contributed by atoms with van der Waals surface area (Å²) < 4.78 is 5.19. The number of carbonyl (C=O) groups excluding carboxylic acids is 1. The number of halogens is 1. The van der Waals surface area contributed by atoms with Crippen molar-refractivity contribution in [2.24, 2.45) is 0 Å². The number of hydrogen-bond acceptors (Lipinski definition) is 7. The highest BCUT2D eigenvalue weighted by molar-refractivity contribution is 6.32. The van der Waals surface area contributed by atoms with Gasteiger partial charge in [-0.05, 0) is 30.3 Å². The quantitative estimate of drug-likeness (QED) is 0.544. The maximum Gasteiger partial charge on any atom is 0.230 e. The number of aromatic nitrogens is 6. The summed E-state index contributed by atoms with van der Waals surface area (Å²) in [4.78, 5) is 29.0. The fraction of sp³-hybridized carbons (Fsp3) is 0.111. The van der Waals surface area contributed by atoms with Crippen molar-refractivity contribution in [1.82, 2.24) is 30.1 Å². The highest BCUT2D eigenvalue weighted by Crippen LogP contribution is 2.31. The van der Waals surface area contributed by atoms with Crippen molar-refractivity contribution >= 4 is 34.5 Å². The number of nitrogens with one attached hydrogen (secondary N) is 2. The summed E-state index contributed by atoms with van der Waals surface area (Å²) in [6.07, 6.45) is 1.44. The summed E-state index contributed by atoms with van der Waals surface area (Å²) >= 11 is 6.24. The zero-order valence-electron chi connectivity index (χ0n) is 14.9. The molecule has 0 unspecified atom stereocenters. The van der Waals surface area contributed by atoms with Crippen LogP contribution in [0.5, 0.6) is 5.75 Å². The summed E-state index contributed by atoms with van der Waals surface area (Å²) in [5.41, 5.74) is 2.92. The smallest absolute Gasteiger partial charge is 0.230 e. The first-order valence-corrected chi connectivity index (χ1v) is 8.59. The number of hydrogen-bond donors (Lipinski definition) is 2. The number of nitrogens with zero attached hydrogens (tertiary/aromatic N) is 5. The normalized spacial score (nSPS) is 10.8. The number of ether oxygens (including phenoxy) is 1. The summed E-state index contributed by atoms with van der Waals surface area (Å²) in [6, 6.07) is 9.01. The molecule has 0 radical (unpaired) electrons. The third-order valence-corrected chi connectivity index (χ3v) is 4.20. The lowest BCUT2D eigenvalue weighted by Crippen LogP contribution is -2.10. The number of H-pyrrole nitrogens is 1. The standard InChI is InChI=1S/C18H14ClN7O2/c1-9(27)22-18-24-13-5-4-12(10-3-6-14(28-2)11(19)7-10)23-15(13)16(25-18)17-20-8-21-26-17/h3-8H,1-2H3,(H,20,21,26)(H,22,24,25,27). The monoisotopic (exact) mass is 395 g/mol. The number of anilines is 1. The minimum absolute atomic E-state index is 0.154. The molecule has 10 heteroatoms. The Morgan fingerprint density at radius 1 is 1.18 bits per heavy atom. The molecule has 0 bridgehead atoms. The zero-order chi connectivity index (χ0) is 19.7. The van der Waals surface area contributed by atoms with E-state index in [4.69, 9.17) is 16.3 Å². The second-order valence-corrected chi connectivity index (χ2v) is 6.22. The minimum Gasteiger partial charge on any atom is -0.495 e. The first kappa shape index (κ1) is 17.8. The van der Waals surface area contributed by atoms with Crippen LogP contribution in [0.25, 0.3) is 33.8 Å². The van der Waals surface area contributed by atoms with Crippen LogP contribution in [-0.4, -0.2) is 43.2 Å². The fourth-order valence-corrected chi connectivity index (χ4v) is 2.95. The van der Waals surface area contributed by atoms with Crippen molar-refractivity contribution in [3.8, 4) is 28.5 Å². The molecule has 1 aromatic carbocycles. The molecule has 3 aromatic heterocycles. The number of aromatic amines is 1. The van der Waals surface area contributed by atoms with Gasteiger partial charge in [0.2, 0.25) is 17.7 Å². The van der Waals surface area contributed by atoms with E-state index in [0.717, 1.165) is 5.56 Å². The van der Waals surface area contributed by atoms with Crippen LogP contribution >= 0.6 is 11.6 Å². The number of pyridine rings is 1. The molecular weight excluding hydrogens is 382 g/mol. The predicted molar refractivity (Wildman–Crippen MR) is 104 cm³/mol. The number of amides is 1. The topological polar surface area (TPSA) is 119 Å². The Morgan fingerprint density at radius 3 is 2.71 bits per heavy atom. The van der Waals surface area contributed by atoms with Gasteiger partial charge in [-0.15, -0.1) is 0 Å². The van der Waals surface area contributed by atoms with Gasteiger partial charge in [0.1, 0.15) is 23.3 Å². The lowest BCUT2D eigenvalue weighted by Gasteiger charge is -2.09. The molecule has 2 N–H and O–H groups in total. The third-order valence-electron chi connectivity index (χ3n) is 3.90. The van der Waals surface area contributed by atoms with E-state index < -0.39 is 0 Å². The number of methoxy groups -OCH3 is 1. The Balaban J connectivity index is 1.89. The van der Waals surface area contributed by atoms with Crippen LogP contribution in [0.15, 0.2) is 36.7 Å². The van der Waals surface area contributed by atoms with Crippen LogP contribution < -0.4 is 10.1 Å². The Bertz CT molecular complexity index is 1180. The van der Waals surface area contributed by atoms with Gasteiger partial charge in [-0.3, -0.25) is 15.2 Å². The molecule has 3 heterocycles. The molecule has 0 spiro atoms. The molecule has 0 aliphatic carbocycles. The van der Waals surface area contributed by atoms with Crippen LogP contribution in [-0.2, 0) is 4.79 Å². The molecule has 4 rings (SSSR count). The van der Waals surface area contributed by atoms with Gasteiger partial charge in [-0.2, -0.15) is 5.10 Å². The molecule has 28 heavy (non-hydrogen) atoms. The Labute approximate surface area is 164 Å². The molecule has 140 valence electrons. The number of fused-ring (bicyclic) bond motifs is 1. The summed E-state index contributed by atoms with van der Waals surface area (Å²) in [5.74, 6) is 0.798. The van der Waals surface area contributed by atoms with E-state index in [-0.39, 0.29) is 11.9 Å². The van der Waals surface area contributed by atoms with E-state index in [1.165, 1.54) is 13.3 Å². The van der Waals surface area contributed by atoms with E-state index >= 15 is 0 Å². The van der Waals surface area contributed by atoms with E-state index in [1.807, 2.05) is 12.1 Å². The molecule has 0 aliphatic heterocycles. The molecule has 0 fully saturated rings. The molecule has 0 saturated carbocycles. The molecule has 0 atom stereocenters. The highest BCUT2D eigenvalue weighted by Gasteiger charge is 2.16. The van der Waals surface area contributed by atoms with Gasteiger partial charge in [0.25, 0.3) is 0 Å². The van der Waals surface area contributed by atoms with Crippen molar-refractivity contribution in [3.05, 3.63) is 41.7 Å². The summed E-state index contributed by atoms with van der Waals surface area (Å²) in [5, 5.41) is 9.79. The van der Waals surface area contributed by atoms with E-state index in [9.17, 15) is 4.79 Å². The van der Waals surface area contributed by atoms with Crippen molar-refractivity contribution in [2.45, 2.75) is 6.92 Å². The van der Waals surface area contributed by atoms with Crippen molar-refractivity contribution in [2.75, 3.05) is 12.4 Å². The van der Waals surface area contributed by atoms with Crippen molar-refractivity contribution in [1.29, 1.82) is 0 Å². The lowest BCUT2D eigenvalue weighted by molar-refractivity contribution is -0.114. The van der Waals surface area contributed by atoms with Gasteiger partial charge in [-0.25, -0.2) is 19.9 Å². The van der Waals surface area contributed by atoms with E-state index in [0.29, 0.717) is 39.0 Å². The average molecular weight is 396 g/mol. The predicted octanol–water partition coefficient (Wildman–Crippen LogP) is 3.10. The van der Waals surface area contributed by atoms with E-state index in [1.54, 1.807) is 25.3 Å². The third kappa shape index (κ3) is 3.35. The number of benzene rings is 1. The van der Waals surface area contributed by atoms with Gasteiger partial charge < -0.3 is 4.74 Å². The highest BCUT2D eigenvalue weighted by atomic mass is 35.5. The van der Waals surface area contributed by atoms with Crippen molar-refractivity contribution in [3.63, 3.8) is 0 Å². The first-order valence-electron chi connectivity index (χ1n) is 8.21. The van der Waals surface area contributed by atoms with Gasteiger partial charge in [-0.1, -0.05) is 11.6 Å².